The third kappa shape index (κ3) is 6.66. The molecule has 1 aliphatic rings. The van der Waals surface area contributed by atoms with E-state index in [2.05, 4.69) is 10.6 Å². The molecule has 0 saturated heterocycles. The number of carbonyl (C=O) groups is 2. The summed E-state index contributed by atoms with van der Waals surface area (Å²) in [4.78, 5) is 23.4. The van der Waals surface area contributed by atoms with Crippen LogP contribution in [0.3, 0.4) is 0 Å². The maximum atomic E-state index is 11.8. The van der Waals surface area contributed by atoms with E-state index < -0.39 is 0 Å². The van der Waals surface area contributed by atoms with E-state index in [1.807, 2.05) is 43.3 Å². The third-order valence-corrected chi connectivity index (χ3v) is 4.11. The van der Waals surface area contributed by atoms with Crippen molar-refractivity contribution in [1.82, 2.24) is 10.6 Å². The molecule has 6 heteroatoms. The molecule has 3 rings (SSSR count). The molecule has 0 bridgehead atoms. The topological polar surface area (TPSA) is 80.6 Å². The molecule has 0 spiro atoms. The summed E-state index contributed by atoms with van der Waals surface area (Å²) in [6.07, 6.45) is 5.95. The van der Waals surface area contributed by atoms with E-state index in [9.17, 15) is 9.59 Å². The molecule has 6 nitrogen and oxygen atoms in total. The Labute approximate surface area is 158 Å². The molecule has 142 valence electrons. The predicted molar refractivity (Wildman–Crippen MR) is 102 cm³/mol. The highest BCUT2D eigenvalue weighted by atomic mass is 16.5. The summed E-state index contributed by atoms with van der Waals surface area (Å²) >= 11 is 0. The molecule has 1 aromatic carbocycles. The van der Waals surface area contributed by atoms with Gasteiger partial charge >= 0.3 is 0 Å². The van der Waals surface area contributed by atoms with Crippen molar-refractivity contribution in [2.75, 3.05) is 13.2 Å². The zero-order valence-corrected chi connectivity index (χ0v) is 15.4. The van der Waals surface area contributed by atoms with E-state index in [0.717, 1.165) is 24.2 Å². The van der Waals surface area contributed by atoms with Gasteiger partial charge in [-0.3, -0.25) is 9.59 Å². The van der Waals surface area contributed by atoms with E-state index >= 15 is 0 Å². The quantitative estimate of drug-likeness (QED) is 0.667. The number of aryl methyl sites for hydroxylation is 1. The number of furan rings is 1. The summed E-state index contributed by atoms with van der Waals surface area (Å²) in [7, 11) is 0. The van der Waals surface area contributed by atoms with Crippen LogP contribution in [-0.4, -0.2) is 31.0 Å². The summed E-state index contributed by atoms with van der Waals surface area (Å²) in [5, 5.41) is 5.72. The predicted octanol–water partition coefficient (Wildman–Crippen LogP) is 2.62. The van der Waals surface area contributed by atoms with Gasteiger partial charge in [0, 0.05) is 18.7 Å². The van der Waals surface area contributed by atoms with Gasteiger partial charge in [0.05, 0.1) is 0 Å². The van der Waals surface area contributed by atoms with Crippen LogP contribution in [0.1, 0.15) is 29.9 Å². The van der Waals surface area contributed by atoms with Crippen molar-refractivity contribution in [3.05, 3.63) is 59.6 Å². The normalized spacial score (nSPS) is 13.5. The molecule has 2 N–H and O–H groups in total. The SMILES string of the molecule is Cc1ccc(/C=C/C(=O)NCCc2ccc(OCC(=O)NC3CC3)cc2)o1. The second-order valence-corrected chi connectivity index (χ2v) is 6.60. The molecule has 0 aliphatic heterocycles. The molecule has 1 fully saturated rings. The lowest BCUT2D eigenvalue weighted by Crippen LogP contribution is -2.30. The maximum absolute atomic E-state index is 11.8. The number of ether oxygens (including phenoxy) is 1. The Morgan fingerprint density at radius 1 is 1.19 bits per heavy atom. The van der Waals surface area contributed by atoms with Gasteiger partial charge in [-0.1, -0.05) is 12.1 Å². The van der Waals surface area contributed by atoms with E-state index in [0.29, 0.717) is 30.5 Å². The average molecular weight is 368 g/mol. The molecule has 1 aliphatic carbocycles. The zero-order chi connectivity index (χ0) is 19.1. The number of hydrogen-bond acceptors (Lipinski definition) is 4. The zero-order valence-electron chi connectivity index (χ0n) is 15.4. The molecule has 0 atom stereocenters. The number of amides is 2. The second kappa shape index (κ2) is 9.07. The highest BCUT2D eigenvalue weighted by Gasteiger charge is 2.23. The van der Waals surface area contributed by atoms with Crippen molar-refractivity contribution in [2.45, 2.75) is 32.2 Å². The fourth-order valence-electron chi connectivity index (χ4n) is 2.49. The van der Waals surface area contributed by atoms with Gasteiger partial charge in [0.15, 0.2) is 6.61 Å². The van der Waals surface area contributed by atoms with Gasteiger partial charge in [0.1, 0.15) is 17.3 Å². The van der Waals surface area contributed by atoms with Crippen LogP contribution in [0.15, 0.2) is 46.9 Å². The number of carbonyl (C=O) groups excluding carboxylic acids is 2. The van der Waals surface area contributed by atoms with Crippen molar-refractivity contribution in [3.63, 3.8) is 0 Å². The Balaban J connectivity index is 1.34. The fraction of sp³-hybridized carbons (Fsp3) is 0.333. The fourth-order valence-corrected chi connectivity index (χ4v) is 2.49. The number of nitrogens with one attached hydrogen (secondary N) is 2. The van der Waals surface area contributed by atoms with E-state index in [1.54, 1.807) is 6.08 Å². The maximum Gasteiger partial charge on any atom is 0.258 e. The first-order valence-electron chi connectivity index (χ1n) is 9.12. The number of benzene rings is 1. The minimum atomic E-state index is -0.161. The van der Waals surface area contributed by atoms with Gasteiger partial charge in [-0.15, -0.1) is 0 Å². The van der Waals surface area contributed by atoms with Crippen LogP contribution in [0.5, 0.6) is 5.75 Å². The Bertz CT molecular complexity index is 804. The molecule has 2 amide bonds. The molecule has 0 unspecified atom stereocenters. The lowest BCUT2D eigenvalue weighted by atomic mass is 10.1. The van der Waals surface area contributed by atoms with Crippen LogP contribution in [-0.2, 0) is 16.0 Å². The van der Waals surface area contributed by atoms with Crippen LogP contribution in [0.25, 0.3) is 6.08 Å². The van der Waals surface area contributed by atoms with Crippen molar-refractivity contribution in [2.24, 2.45) is 0 Å². The third-order valence-electron chi connectivity index (χ3n) is 4.11. The van der Waals surface area contributed by atoms with Gasteiger partial charge in [-0.05, 0) is 62.1 Å². The molecule has 2 aromatic rings. The smallest absolute Gasteiger partial charge is 0.258 e. The van der Waals surface area contributed by atoms with E-state index in [4.69, 9.17) is 9.15 Å². The first-order chi connectivity index (χ1) is 13.1. The summed E-state index contributed by atoms with van der Waals surface area (Å²) < 4.78 is 10.8. The van der Waals surface area contributed by atoms with E-state index in [1.165, 1.54) is 6.08 Å². The van der Waals surface area contributed by atoms with Crippen molar-refractivity contribution < 1.29 is 18.7 Å². The van der Waals surface area contributed by atoms with Gasteiger partial charge in [0.2, 0.25) is 5.91 Å². The molecular weight excluding hydrogens is 344 g/mol. The van der Waals surface area contributed by atoms with E-state index in [-0.39, 0.29) is 18.4 Å². The average Bonchev–Trinajstić information content (AvgIpc) is 3.37. The number of rotatable bonds is 9. The first kappa shape index (κ1) is 18.8. The highest BCUT2D eigenvalue weighted by molar-refractivity contribution is 5.91. The first-order valence-corrected chi connectivity index (χ1v) is 9.12. The van der Waals surface area contributed by atoms with Gasteiger partial charge in [0.25, 0.3) is 5.91 Å². The van der Waals surface area contributed by atoms with Crippen LogP contribution in [0.4, 0.5) is 0 Å². The summed E-state index contributed by atoms with van der Waals surface area (Å²) in [5.74, 6) is 1.88. The minimum Gasteiger partial charge on any atom is -0.484 e. The molecular formula is C21H24N2O4. The molecule has 1 heterocycles. The molecule has 1 saturated carbocycles. The summed E-state index contributed by atoms with van der Waals surface area (Å²) in [6.45, 7) is 2.43. The monoisotopic (exact) mass is 368 g/mol. The Morgan fingerprint density at radius 2 is 1.96 bits per heavy atom. The molecule has 0 radical (unpaired) electrons. The summed E-state index contributed by atoms with van der Waals surface area (Å²) in [5.41, 5.74) is 1.08. The number of hydrogen-bond donors (Lipinski definition) is 2. The van der Waals surface area contributed by atoms with Crippen LogP contribution in [0, 0.1) is 6.92 Å². The second-order valence-electron chi connectivity index (χ2n) is 6.60. The van der Waals surface area contributed by atoms with Gasteiger partial charge < -0.3 is 19.8 Å². The largest absolute Gasteiger partial charge is 0.484 e. The Hall–Kier alpha value is -3.02. The van der Waals surface area contributed by atoms with Crippen molar-refractivity contribution in [3.8, 4) is 5.75 Å². The minimum absolute atomic E-state index is 0.0352. The Morgan fingerprint density at radius 3 is 2.63 bits per heavy atom. The lowest BCUT2D eigenvalue weighted by molar-refractivity contribution is -0.123. The summed E-state index contributed by atoms with van der Waals surface area (Å²) in [6, 6.07) is 11.5. The van der Waals surface area contributed by atoms with Crippen LogP contribution in [0.2, 0.25) is 0 Å². The van der Waals surface area contributed by atoms with Crippen molar-refractivity contribution in [1.29, 1.82) is 0 Å². The molecule has 1 aromatic heterocycles. The molecule has 27 heavy (non-hydrogen) atoms. The highest BCUT2D eigenvalue weighted by Crippen LogP contribution is 2.18. The van der Waals surface area contributed by atoms with Crippen molar-refractivity contribution >= 4 is 17.9 Å². The van der Waals surface area contributed by atoms with Crippen LogP contribution < -0.4 is 15.4 Å². The van der Waals surface area contributed by atoms with Gasteiger partial charge in [-0.2, -0.15) is 0 Å². The van der Waals surface area contributed by atoms with Crippen LogP contribution >= 0.6 is 0 Å². The van der Waals surface area contributed by atoms with Gasteiger partial charge in [-0.25, -0.2) is 0 Å². The lowest BCUT2D eigenvalue weighted by Gasteiger charge is -2.08. The standard InChI is InChI=1S/C21H24N2O4/c1-15-2-7-19(27-15)10-11-20(24)22-13-12-16-3-8-18(9-4-16)26-14-21(25)23-17-5-6-17/h2-4,7-11,17H,5-6,12-14H2,1H3,(H,22,24)(H,23,25)/b11-10+. The Kier molecular flexibility index (Phi) is 6.30.